The maximum Gasteiger partial charge on any atom is 0.131 e. The summed E-state index contributed by atoms with van der Waals surface area (Å²) in [6, 6.07) is 4.68. The van der Waals surface area contributed by atoms with E-state index in [1.807, 2.05) is 27.7 Å². The lowest BCUT2D eigenvalue weighted by molar-refractivity contribution is 0.625. The van der Waals surface area contributed by atoms with E-state index in [-0.39, 0.29) is 5.82 Å². The van der Waals surface area contributed by atoms with E-state index in [0.717, 1.165) is 5.57 Å². The summed E-state index contributed by atoms with van der Waals surface area (Å²) in [5.41, 5.74) is 1.50. The van der Waals surface area contributed by atoms with Gasteiger partial charge in [0.2, 0.25) is 0 Å². The fourth-order valence-electron chi connectivity index (χ4n) is 0.937. The molecule has 0 saturated heterocycles. The number of hydrogen-bond donors (Lipinski definition) is 0. The fraction of sp³-hybridized carbons (Fsp3) is 0.333. The Bertz CT molecular complexity index is 292. The van der Waals surface area contributed by atoms with E-state index in [4.69, 9.17) is 11.6 Å². The lowest BCUT2D eigenvalue weighted by atomic mass is 10.1. The van der Waals surface area contributed by atoms with Gasteiger partial charge in [0.1, 0.15) is 5.82 Å². The van der Waals surface area contributed by atoms with Gasteiger partial charge in [0.15, 0.2) is 0 Å². The molecule has 0 nitrogen and oxygen atoms in total. The first kappa shape index (κ1) is 13.2. The molecule has 0 N–H and O–H groups in total. The Labute approximate surface area is 90.4 Å². The van der Waals surface area contributed by atoms with Crippen molar-refractivity contribution < 1.29 is 4.39 Å². The molecule has 0 aliphatic heterocycles. The quantitative estimate of drug-likeness (QED) is 0.622. The maximum atomic E-state index is 13.1. The molecule has 0 aliphatic carbocycles. The molecule has 1 rings (SSSR count). The third kappa shape index (κ3) is 3.93. The molecule has 0 aliphatic rings. The van der Waals surface area contributed by atoms with Crippen LogP contribution in [0.4, 0.5) is 4.39 Å². The Balaban J connectivity index is 0.000000791. The average molecular weight is 215 g/mol. The summed E-state index contributed by atoms with van der Waals surface area (Å²) in [4.78, 5) is 0. The number of hydrogen-bond acceptors (Lipinski definition) is 0. The van der Waals surface area contributed by atoms with Crippen LogP contribution in [0.5, 0.6) is 0 Å². The van der Waals surface area contributed by atoms with Gasteiger partial charge in [-0.15, -0.1) is 0 Å². The van der Waals surface area contributed by atoms with E-state index in [1.54, 1.807) is 18.2 Å². The lowest BCUT2D eigenvalue weighted by Gasteiger charge is -1.99. The van der Waals surface area contributed by atoms with Crippen molar-refractivity contribution in [3.05, 3.63) is 40.2 Å². The molecule has 14 heavy (non-hydrogen) atoms. The molecule has 0 amide bonds. The Morgan fingerprint density at radius 1 is 1.29 bits per heavy atom. The topological polar surface area (TPSA) is 0 Å². The van der Waals surface area contributed by atoms with Gasteiger partial charge in [-0.05, 0) is 26.0 Å². The zero-order valence-electron chi connectivity index (χ0n) is 9.07. The highest BCUT2D eigenvalue weighted by Crippen LogP contribution is 2.21. The molecule has 0 saturated carbocycles. The molecule has 0 bridgehead atoms. The van der Waals surface area contributed by atoms with Crippen LogP contribution in [0.2, 0.25) is 5.02 Å². The highest BCUT2D eigenvalue weighted by Gasteiger charge is 2.02. The summed E-state index contributed by atoms with van der Waals surface area (Å²) >= 11 is 5.79. The van der Waals surface area contributed by atoms with E-state index < -0.39 is 0 Å². The molecular formula is C12H16ClF. The number of benzene rings is 1. The Morgan fingerprint density at radius 2 is 1.86 bits per heavy atom. The normalized spacial score (nSPS) is 8.71. The minimum atomic E-state index is -0.274. The van der Waals surface area contributed by atoms with E-state index in [9.17, 15) is 4.39 Å². The highest BCUT2D eigenvalue weighted by molar-refractivity contribution is 6.32. The van der Waals surface area contributed by atoms with Gasteiger partial charge in [-0.25, -0.2) is 4.39 Å². The minimum Gasteiger partial charge on any atom is -0.206 e. The third-order valence-electron chi connectivity index (χ3n) is 1.43. The van der Waals surface area contributed by atoms with Crippen molar-refractivity contribution in [2.24, 2.45) is 0 Å². The Hall–Kier alpha value is -0.820. The second kappa shape index (κ2) is 6.61. The van der Waals surface area contributed by atoms with Crippen LogP contribution in [0.3, 0.4) is 0 Å². The van der Waals surface area contributed by atoms with Crippen molar-refractivity contribution in [3.63, 3.8) is 0 Å². The molecule has 0 unspecified atom stereocenters. The van der Waals surface area contributed by atoms with Crippen LogP contribution >= 0.6 is 11.6 Å². The molecule has 0 heterocycles. The monoisotopic (exact) mass is 214 g/mol. The van der Waals surface area contributed by atoms with Crippen molar-refractivity contribution in [2.75, 3.05) is 0 Å². The van der Waals surface area contributed by atoms with Gasteiger partial charge in [0.25, 0.3) is 0 Å². The van der Waals surface area contributed by atoms with Crippen LogP contribution in [-0.4, -0.2) is 0 Å². The van der Waals surface area contributed by atoms with Gasteiger partial charge in [0.05, 0.1) is 5.02 Å². The van der Waals surface area contributed by atoms with Gasteiger partial charge in [-0.2, -0.15) is 0 Å². The number of rotatable bonds is 1. The van der Waals surface area contributed by atoms with Gasteiger partial charge in [-0.1, -0.05) is 43.2 Å². The zero-order valence-corrected chi connectivity index (χ0v) is 9.82. The molecule has 0 atom stereocenters. The summed E-state index contributed by atoms with van der Waals surface area (Å²) < 4.78 is 13.1. The molecule has 1 aromatic rings. The van der Waals surface area contributed by atoms with Gasteiger partial charge >= 0.3 is 0 Å². The first-order valence-electron chi connectivity index (χ1n) is 4.70. The Morgan fingerprint density at radius 3 is 2.29 bits per heavy atom. The molecule has 78 valence electrons. The van der Waals surface area contributed by atoms with Crippen LogP contribution < -0.4 is 0 Å². The molecule has 0 fully saturated rings. The lowest BCUT2D eigenvalue weighted by Crippen LogP contribution is -1.83. The first-order valence-corrected chi connectivity index (χ1v) is 5.08. The molecular weight excluding hydrogens is 199 g/mol. The smallest absolute Gasteiger partial charge is 0.131 e. The minimum absolute atomic E-state index is 0.274. The zero-order chi connectivity index (χ0) is 11.1. The fourth-order valence-corrected chi connectivity index (χ4v) is 1.15. The standard InChI is InChI=1S/C10H10ClF.C2H6/c1-7(2)6-8-9(11)4-3-5-10(8)12;1-2/h3-6H,1-2H3;1-2H3. The first-order chi connectivity index (χ1) is 6.61. The van der Waals surface area contributed by atoms with E-state index in [2.05, 4.69) is 0 Å². The highest BCUT2D eigenvalue weighted by atomic mass is 35.5. The maximum absolute atomic E-state index is 13.1. The van der Waals surface area contributed by atoms with Gasteiger partial charge in [0, 0.05) is 5.56 Å². The van der Waals surface area contributed by atoms with Crippen LogP contribution in [-0.2, 0) is 0 Å². The van der Waals surface area contributed by atoms with E-state index in [1.165, 1.54) is 6.07 Å². The summed E-state index contributed by atoms with van der Waals surface area (Å²) in [5.74, 6) is -0.274. The van der Waals surface area contributed by atoms with Crippen molar-refractivity contribution in [2.45, 2.75) is 27.7 Å². The van der Waals surface area contributed by atoms with Crippen LogP contribution in [0.1, 0.15) is 33.3 Å². The molecule has 1 aromatic carbocycles. The molecule has 0 spiro atoms. The summed E-state index contributed by atoms with van der Waals surface area (Å²) in [6.45, 7) is 7.81. The molecule has 0 radical (unpaired) electrons. The van der Waals surface area contributed by atoms with Crippen molar-refractivity contribution >= 4 is 17.7 Å². The average Bonchev–Trinajstić information content (AvgIpc) is 2.15. The molecule has 0 aromatic heterocycles. The van der Waals surface area contributed by atoms with E-state index in [0.29, 0.717) is 10.6 Å². The van der Waals surface area contributed by atoms with Crippen molar-refractivity contribution in [1.29, 1.82) is 0 Å². The summed E-state index contributed by atoms with van der Waals surface area (Å²) in [7, 11) is 0. The van der Waals surface area contributed by atoms with E-state index >= 15 is 0 Å². The summed E-state index contributed by atoms with van der Waals surface area (Å²) in [5, 5.41) is 0.455. The largest absolute Gasteiger partial charge is 0.206 e. The Kier molecular flexibility index (Phi) is 6.22. The van der Waals surface area contributed by atoms with Gasteiger partial charge < -0.3 is 0 Å². The van der Waals surface area contributed by atoms with Crippen molar-refractivity contribution in [1.82, 2.24) is 0 Å². The van der Waals surface area contributed by atoms with Crippen LogP contribution in [0, 0.1) is 5.82 Å². The summed E-state index contributed by atoms with van der Waals surface area (Å²) in [6.07, 6.45) is 1.73. The predicted octanol–water partition coefficient (Wildman–Crippen LogP) is 4.93. The van der Waals surface area contributed by atoms with Crippen LogP contribution in [0.15, 0.2) is 23.8 Å². The number of halogens is 2. The molecule has 2 heteroatoms. The van der Waals surface area contributed by atoms with Crippen molar-refractivity contribution in [3.8, 4) is 0 Å². The SMILES string of the molecule is CC.CC(C)=Cc1c(F)cccc1Cl. The van der Waals surface area contributed by atoms with Gasteiger partial charge in [-0.3, -0.25) is 0 Å². The number of allylic oxidation sites excluding steroid dienone is 1. The van der Waals surface area contributed by atoms with Crippen LogP contribution in [0.25, 0.3) is 6.08 Å². The predicted molar refractivity (Wildman–Crippen MR) is 62.1 cm³/mol. The second-order valence-electron chi connectivity index (χ2n) is 2.86. The third-order valence-corrected chi connectivity index (χ3v) is 1.76. The second-order valence-corrected chi connectivity index (χ2v) is 3.26.